The molecule has 0 saturated heterocycles. The molecule has 1 nitrogen and oxygen atoms in total. The predicted molar refractivity (Wildman–Crippen MR) is 153 cm³/mol. The van der Waals surface area contributed by atoms with Gasteiger partial charge >= 0.3 is 0 Å². The Morgan fingerprint density at radius 3 is 1.77 bits per heavy atom. The minimum absolute atomic E-state index is 0.521. The third kappa shape index (κ3) is 11.4. The first kappa shape index (κ1) is 28.7. The molecule has 200 valence electrons. The summed E-state index contributed by atoms with van der Waals surface area (Å²) in [6.07, 6.45) is 29.9. The van der Waals surface area contributed by atoms with Gasteiger partial charge in [-0.25, -0.2) is 0 Å². The van der Waals surface area contributed by atoms with Crippen LogP contribution in [-0.4, -0.2) is 12.7 Å². The summed E-state index contributed by atoms with van der Waals surface area (Å²) < 4.78 is 6.34. The number of rotatable bonds is 17. The topological polar surface area (TPSA) is 9.23 Å². The molecule has 2 aliphatic carbocycles. The van der Waals surface area contributed by atoms with Crippen LogP contribution in [0.25, 0.3) is 0 Å². The van der Waals surface area contributed by atoms with E-state index < -0.39 is 0 Å². The van der Waals surface area contributed by atoms with Crippen molar-refractivity contribution in [2.24, 2.45) is 11.8 Å². The zero-order chi connectivity index (χ0) is 24.6. The van der Waals surface area contributed by atoms with Gasteiger partial charge in [0.2, 0.25) is 0 Å². The Balaban J connectivity index is 1.16. The van der Waals surface area contributed by atoms with Gasteiger partial charge in [-0.15, -0.1) is 0 Å². The summed E-state index contributed by atoms with van der Waals surface area (Å²) in [6.45, 7) is 5.57. The maximum Gasteiger partial charge on any atom is 0.0575 e. The maximum atomic E-state index is 6.34. The standard InChI is InChI=1S/C34H58O/c1-3-5-6-7-8-9-10-11-14-30-16-18-31(19-17-30)15-12-28-35-34-26-24-33(25-27-34)32-22-20-29(13-4-2)21-23-32/h20-23,30-31,33-34H,3-19,24-28H2,1-2H3. The first-order chi connectivity index (χ1) is 17.3. The first-order valence-electron chi connectivity index (χ1n) is 16.0. The lowest BCUT2D eigenvalue weighted by Gasteiger charge is -2.30. The fourth-order valence-corrected chi connectivity index (χ4v) is 6.81. The number of benzene rings is 1. The fourth-order valence-electron chi connectivity index (χ4n) is 6.81. The van der Waals surface area contributed by atoms with Gasteiger partial charge < -0.3 is 4.74 Å². The van der Waals surface area contributed by atoms with Gasteiger partial charge in [-0.1, -0.05) is 128 Å². The van der Waals surface area contributed by atoms with Crippen LogP contribution in [0.15, 0.2) is 24.3 Å². The molecule has 3 rings (SSSR count). The van der Waals surface area contributed by atoms with Gasteiger partial charge in [0.05, 0.1) is 6.10 Å². The highest BCUT2D eigenvalue weighted by Crippen LogP contribution is 2.36. The van der Waals surface area contributed by atoms with Crippen LogP contribution in [0.4, 0.5) is 0 Å². The zero-order valence-electron chi connectivity index (χ0n) is 23.6. The van der Waals surface area contributed by atoms with Gasteiger partial charge in [0.1, 0.15) is 0 Å². The van der Waals surface area contributed by atoms with Crippen LogP contribution in [0.5, 0.6) is 0 Å². The lowest BCUT2D eigenvalue weighted by atomic mass is 9.78. The summed E-state index contributed by atoms with van der Waals surface area (Å²) in [7, 11) is 0. The quantitative estimate of drug-likeness (QED) is 0.201. The Labute approximate surface area is 219 Å². The molecule has 0 N–H and O–H groups in total. The largest absolute Gasteiger partial charge is 0.378 e. The van der Waals surface area contributed by atoms with E-state index in [9.17, 15) is 0 Å². The van der Waals surface area contributed by atoms with Crippen molar-refractivity contribution in [3.63, 3.8) is 0 Å². The molecule has 1 aromatic carbocycles. The van der Waals surface area contributed by atoms with E-state index in [2.05, 4.69) is 38.1 Å². The third-order valence-electron chi connectivity index (χ3n) is 9.21. The van der Waals surface area contributed by atoms with Gasteiger partial charge in [0.25, 0.3) is 0 Å². The molecule has 0 aromatic heterocycles. The molecule has 0 bridgehead atoms. The van der Waals surface area contributed by atoms with E-state index in [0.717, 1.165) is 24.4 Å². The van der Waals surface area contributed by atoms with E-state index in [-0.39, 0.29) is 0 Å². The number of unbranched alkanes of at least 4 members (excludes halogenated alkanes) is 7. The van der Waals surface area contributed by atoms with E-state index >= 15 is 0 Å². The van der Waals surface area contributed by atoms with E-state index in [1.54, 1.807) is 5.56 Å². The summed E-state index contributed by atoms with van der Waals surface area (Å²) >= 11 is 0. The molecular weight excluding hydrogens is 424 g/mol. The van der Waals surface area contributed by atoms with Crippen LogP contribution in [-0.2, 0) is 11.2 Å². The highest BCUT2D eigenvalue weighted by Gasteiger charge is 2.24. The molecular formula is C34H58O. The summed E-state index contributed by atoms with van der Waals surface area (Å²) in [4.78, 5) is 0. The van der Waals surface area contributed by atoms with Gasteiger partial charge in [0.15, 0.2) is 0 Å². The molecule has 2 saturated carbocycles. The van der Waals surface area contributed by atoms with E-state index in [1.165, 1.54) is 140 Å². The Morgan fingerprint density at radius 2 is 1.17 bits per heavy atom. The van der Waals surface area contributed by atoms with Gasteiger partial charge in [-0.3, -0.25) is 0 Å². The second kappa shape index (κ2) is 17.6. The Kier molecular flexibility index (Phi) is 14.5. The molecule has 0 aliphatic heterocycles. The molecule has 1 aromatic rings. The average molecular weight is 483 g/mol. The normalized spacial score (nSPS) is 25.1. The lowest BCUT2D eigenvalue weighted by Crippen LogP contribution is -2.21. The van der Waals surface area contributed by atoms with E-state index in [4.69, 9.17) is 4.74 Å². The van der Waals surface area contributed by atoms with Crippen molar-refractivity contribution in [1.29, 1.82) is 0 Å². The Morgan fingerprint density at radius 1 is 0.600 bits per heavy atom. The molecule has 2 fully saturated rings. The number of hydrogen-bond donors (Lipinski definition) is 0. The lowest BCUT2D eigenvalue weighted by molar-refractivity contribution is 0.0204. The molecule has 0 heterocycles. The SMILES string of the molecule is CCCCCCCCCCC1CCC(CCCOC2CCC(c3ccc(CCC)cc3)CC2)CC1. The molecule has 2 aliphatic rings. The smallest absolute Gasteiger partial charge is 0.0575 e. The van der Waals surface area contributed by atoms with Crippen molar-refractivity contribution in [2.45, 2.75) is 161 Å². The number of ether oxygens (including phenoxy) is 1. The third-order valence-corrected chi connectivity index (χ3v) is 9.21. The van der Waals surface area contributed by atoms with E-state index in [1.807, 2.05) is 0 Å². The van der Waals surface area contributed by atoms with Gasteiger partial charge in [-0.05, 0) is 73.8 Å². The zero-order valence-corrected chi connectivity index (χ0v) is 23.6. The van der Waals surface area contributed by atoms with Crippen molar-refractivity contribution < 1.29 is 4.74 Å². The Hall–Kier alpha value is -0.820. The minimum atomic E-state index is 0.521. The molecule has 0 unspecified atom stereocenters. The summed E-state index contributed by atoms with van der Waals surface area (Å²) in [6, 6.07) is 9.49. The van der Waals surface area contributed by atoms with Gasteiger partial charge in [0, 0.05) is 6.61 Å². The fraction of sp³-hybridized carbons (Fsp3) is 0.824. The van der Waals surface area contributed by atoms with Crippen LogP contribution >= 0.6 is 0 Å². The minimum Gasteiger partial charge on any atom is -0.378 e. The second-order valence-electron chi connectivity index (χ2n) is 12.1. The molecule has 35 heavy (non-hydrogen) atoms. The average Bonchev–Trinajstić information content (AvgIpc) is 2.90. The van der Waals surface area contributed by atoms with E-state index in [0.29, 0.717) is 6.10 Å². The van der Waals surface area contributed by atoms with Crippen molar-refractivity contribution >= 4 is 0 Å². The van der Waals surface area contributed by atoms with Gasteiger partial charge in [-0.2, -0.15) is 0 Å². The molecule has 0 radical (unpaired) electrons. The summed E-state index contributed by atoms with van der Waals surface area (Å²) in [5, 5.41) is 0. The van der Waals surface area contributed by atoms with Crippen molar-refractivity contribution in [3.8, 4) is 0 Å². The summed E-state index contributed by atoms with van der Waals surface area (Å²) in [5.41, 5.74) is 3.05. The monoisotopic (exact) mass is 482 g/mol. The van der Waals surface area contributed by atoms with Crippen LogP contribution in [0, 0.1) is 11.8 Å². The predicted octanol–water partition coefficient (Wildman–Crippen LogP) is 10.8. The van der Waals surface area contributed by atoms with Crippen molar-refractivity contribution in [3.05, 3.63) is 35.4 Å². The first-order valence-corrected chi connectivity index (χ1v) is 16.0. The molecule has 1 heteroatoms. The van der Waals surface area contributed by atoms with Crippen LogP contribution in [0.2, 0.25) is 0 Å². The highest BCUT2D eigenvalue weighted by molar-refractivity contribution is 5.26. The van der Waals surface area contributed by atoms with Crippen molar-refractivity contribution in [1.82, 2.24) is 0 Å². The molecule has 0 amide bonds. The highest BCUT2D eigenvalue weighted by atomic mass is 16.5. The van der Waals surface area contributed by atoms with Crippen molar-refractivity contribution in [2.75, 3.05) is 6.61 Å². The number of hydrogen-bond acceptors (Lipinski definition) is 1. The number of aryl methyl sites for hydroxylation is 1. The maximum absolute atomic E-state index is 6.34. The molecule has 0 atom stereocenters. The second-order valence-corrected chi connectivity index (χ2v) is 12.1. The summed E-state index contributed by atoms with van der Waals surface area (Å²) in [5.74, 6) is 2.78. The van der Waals surface area contributed by atoms with Crippen LogP contribution < -0.4 is 0 Å². The van der Waals surface area contributed by atoms with Crippen LogP contribution in [0.3, 0.4) is 0 Å². The van der Waals surface area contributed by atoms with Crippen LogP contribution in [0.1, 0.15) is 159 Å². The Bertz CT molecular complexity index is 618. The molecule has 0 spiro atoms.